The number of ketones is 1. The Balaban J connectivity index is 1.47. The summed E-state index contributed by atoms with van der Waals surface area (Å²) in [5.41, 5.74) is 1.71. The third-order valence-corrected chi connectivity index (χ3v) is 7.92. The summed E-state index contributed by atoms with van der Waals surface area (Å²) in [4.78, 5) is 41.3. The van der Waals surface area contributed by atoms with Gasteiger partial charge in [0.05, 0.1) is 0 Å². The zero-order valence-electron chi connectivity index (χ0n) is 25.0. The van der Waals surface area contributed by atoms with Gasteiger partial charge in [-0.25, -0.2) is 22.4 Å². The number of Topliss-reactive ketones (excluding diaryl/α,β-unsaturated/α-hetero) is 1. The van der Waals surface area contributed by atoms with E-state index in [0.29, 0.717) is 44.8 Å². The molecule has 0 bridgehead atoms. The van der Waals surface area contributed by atoms with Crippen LogP contribution in [0, 0.1) is 29.2 Å². The Morgan fingerprint density at radius 1 is 0.911 bits per heavy atom. The third-order valence-electron chi connectivity index (χ3n) is 7.92. The summed E-state index contributed by atoms with van der Waals surface area (Å²) < 4.78 is 60.0. The van der Waals surface area contributed by atoms with Crippen molar-refractivity contribution >= 4 is 17.7 Å². The molecular formula is C34H37F4N3O4. The first kappa shape index (κ1) is 33.6. The maximum Gasteiger partial charge on any atom is 0.324 e. The van der Waals surface area contributed by atoms with Crippen molar-refractivity contribution in [3.63, 3.8) is 0 Å². The van der Waals surface area contributed by atoms with Gasteiger partial charge in [-0.1, -0.05) is 30.7 Å². The highest BCUT2D eigenvalue weighted by molar-refractivity contribution is 6.01. The fourth-order valence-corrected chi connectivity index (χ4v) is 5.71. The van der Waals surface area contributed by atoms with E-state index in [1.165, 1.54) is 24.3 Å². The molecule has 1 saturated heterocycles. The van der Waals surface area contributed by atoms with Crippen LogP contribution in [0.15, 0.2) is 66.7 Å². The Bertz CT molecular complexity index is 1400. The van der Waals surface area contributed by atoms with Gasteiger partial charge in [0.25, 0.3) is 5.91 Å². The van der Waals surface area contributed by atoms with Crippen LogP contribution in [0.3, 0.4) is 0 Å². The average molecular weight is 628 g/mol. The molecule has 3 amide bonds. The van der Waals surface area contributed by atoms with Crippen LogP contribution in [0.1, 0.15) is 56.1 Å². The van der Waals surface area contributed by atoms with Gasteiger partial charge in [-0.05, 0) is 80.3 Å². The van der Waals surface area contributed by atoms with Crippen molar-refractivity contribution in [3.8, 4) is 5.75 Å². The van der Waals surface area contributed by atoms with E-state index in [9.17, 15) is 31.9 Å². The van der Waals surface area contributed by atoms with Gasteiger partial charge in [-0.15, -0.1) is 0 Å². The van der Waals surface area contributed by atoms with Gasteiger partial charge in [-0.3, -0.25) is 14.5 Å². The Labute approximate surface area is 259 Å². The number of amides is 3. The SMILES string of the molecule is CCNC(=O)N(C(=O)COc1ccc(F)cc1F)C(C(=O)CCCCC(c1ccc(F)cc1)c1ccc(F)cc1)C1CCNC1. The van der Waals surface area contributed by atoms with Crippen LogP contribution in [0.25, 0.3) is 0 Å². The maximum atomic E-state index is 14.1. The first-order chi connectivity index (χ1) is 21.7. The number of nitrogens with zero attached hydrogens (tertiary/aromatic N) is 1. The molecule has 2 atom stereocenters. The van der Waals surface area contributed by atoms with Crippen molar-refractivity contribution in [2.24, 2.45) is 5.92 Å². The first-order valence-electron chi connectivity index (χ1n) is 15.1. The monoisotopic (exact) mass is 627 g/mol. The zero-order valence-corrected chi connectivity index (χ0v) is 25.0. The molecule has 2 N–H and O–H groups in total. The van der Waals surface area contributed by atoms with E-state index >= 15 is 0 Å². The van der Waals surface area contributed by atoms with Gasteiger partial charge in [-0.2, -0.15) is 0 Å². The van der Waals surface area contributed by atoms with E-state index in [1.807, 2.05) is 0 Å². The minimum atomic E-state index is -1.08. The topological polar surface area (TPSA) is 87.7 Å². The number of halogens is 4. The van der Waals surface area contributed by atoms with Crippen molar-refractivity contribution in [1.82, 2.24) is 15.5 Å². The van der Waals surface area contributed by atoms with Crippen LogP contribution in [0.4, 0.5) is 22.4 Å². The molecule has 0 spiro atoms. The molecule has 3 aromatic rings. The second-order valence-corrected chi connectivity index (χ2v) is 11.0. The number of carbonyl (C=O) groups is 3. The number of unbranched alkanes of at least 4 members (excludes halogenated alkanes) is 1. The predicted molar refractivity (Wildman–Crippen MR) is 161 cm³/mol. The van der Waals surface area contributed by atoms with Crippen molar-refractivity contribution in [3.05, 3.63) is 101 Å². The Morgan fingerprint density at radius 3 is 2.09 bits per heavy atom. The summed E-state index contributed by atoms with van der Waals surface area (Å²) in [5.74, 6) is -4.52. The lowest BCUT2D eigenvalue weighted by molar-refractivity contribution is -0.139. The zero-order chi connectivity index (χ0) is 32.3. The molecule has 0 saturated carbocycles. The van der Waals surface area contributed by atoms with Gasteiger partial charge in [0, 0.05) is 37.4 Å². The number of carbonyl (C=O) groups excluding carboxylic acids is 3. The molecule has 240 valence electrons. The predicted octanol–water partition coefficient (Wildman–Crippen LogP) is 6.12. The minimum Gasteiger partial charge on any atom is -0.481 e. The van der Waals surface area contributed by atoms with Gasteiger partial charge in [0.2, 0.25) is 0 Å². The van der Waals surface area contributed by atoms with Crippen molar-refractivity contribution in [1.29, 1.82) is 0 Å². The summed E-state index contributed by atoms with van der Waals surface area (Å²) in [7, 11) is 0. The van der Waals surface area contributed by atoms with Gasteiger partial charge in [0.15, 0.2) is 24.0 Å². The molecule has 0 aliphatic carbocycles. The summed E-state index contributed by atoms with van der Waals surface area (Å²) in [5, 5.41) is 5.77. The third kappa shape index (κ3) is 9.13. The van der Waals surface area contributed by atoms with Crippen LogP contribution in [-0.4, -0.2) is 54.9 Å². The smallest absolute Gasteiger partial charge is 0.324 e. The number of nitrogens with one attached hydrogen (secondary N) is 2. The van der Waals surface area contributed by atoms with E-state index in [4.69, 9.17) is 4.74 Å². The van der Waals surface area contributed by atoms with E-state index < -0.39 is 36.2 Å². The van der Waals surface area contributed by atoms with Crippen molar-refractivity contribution in [2.75, 3.05) is 26.2 Å². The lowest BCUT2D eigenvalue weighted by Gasteiger charge is -2.33. The molecule has 45 heavy (non-hydrogen) atoms. The molecule has 3 aromatic carbocycles. The molecule has 0 radical (unpaired) electrons. The molecule has 2 unspecified atom stereocenters. The second-order valence-electron chi connectivity index (χ2n) is 11.0. The minimum absolute atomic E-state index is 0.0807. The molecule has 1 heterocycles. The Morgan fingerprint density at radius 2 is 1.53 bits per heavy atom. The van der Waals surface area contributed by atoms with Gasteiger partial charge >= 0.3 is 6.03 Å². The van der Waals surface area contributed by atoms with Crippen LogP contribution in [0.2, 0.25) is 0 Å². The Hall–Kier alpha value is -4.25. The van der Waals surface area contributed by atoms with Crippen LogP contribution in [-0.2, 0) is 9.59 Å². The van der Waals surface area contributed by atoms with Gasteiger partial charge in [0.1, 0.15) is 23.5 Å². The number of urea groups is 1. The lowest BCUT2D eigenvalue weighted by atomic mass is 9.86. The molecule has 7 nitrogen and oxygen atoms in total. The number of hydrogen-bond donors (Lipinski definition) is 2. The van der Waals surface area contributed by atoms with E-state index in [1.54, 1.807) is 31.2 Å². The quantitative estimate of drug-likeness (QED) is 0.166. The van der Waals surface area contributed by atoms with Crippen LogP contribution in [0.5, 0.6) is 5.75 Å². The molecule has 1 fully saturated rings. The van der Waals surface area contributed by atoms with Gasteiger partial charge < -0.3 is 15.4 Å². The fraction of sp³-hybridized carbons (Fsp3) is 0.382. The number of benzene rings is 3. The highest BCUT2D eigenvalue weighted by atomic mass is 19.1. The molecular weight excluding hydrogens is 590 g/mol. The lowest BCUT2D eigenvalue weighted by Crippen LogP contribution is -2.57. The maximum absolute atomic E-state index is 14.1. The standard InChI is InChI=1S/C34H37F4N3O4/c1-2-40-34(44)41(32(43)21-45-31-16-15-27(37)19-29(31)38)33(24-17-18-39-20-24)30(42)6-4-3-5-28(22-7-11-25(35)12-8-22)23-9-13-26(36)14-10-23/h7-16,19,24,28,33,39H,2-6,17-18,20-21H2,1H3,(H,40,44). The Kier molecular flexibility index (Phi) is 12.1. The van der Waals surface area contributed by atoms with Crippen molar-refractivity contribution in [2.45, 2.75) is 51.0 Å². The highest BCUT2D eigenvalue weighted by Crippen LogP contribution is 2.31. The fourth-order valence-electron chi connectivity index (χ4n) is 5.71. The molecule has 11 heteroatoms. The van der Waals surface area contributed by atoms with E-state index in [0.717, 1.165) is 28.2 Å². The molecule has 4 rings (SSSR count). The van der Waals surface area contributed by atoms with Crippen LogP contribution < -0.4 is 15.4 Å². The largest absolute Gasteiger partial charge is 0.481 e. The molecule has 1 aliphatic rings. The number of rotatable bonds is 14. The first-order valence-corrected chi connectivity index (χ1v) is 15.1. The summed E-state index contributed by atoms with van der Waals surface area (Å²) >= 11 is 0. The van der Waals surface area contributed by atoms with E-state index in [-0.39, 0.29) is 48.0 Å². The summed E-state index contributed by atoms with van der Waals surface area (Å²) in [6, 6.07) is 13.0. The summed E-state index contributed by atoms with van der Waals surface area (Å²) in [6.45, 7) is 2.18. The molecule has 0 aromatic heterocycles. The number of ether oxygens (including phenoxy) is 1. The average Bonchev–Trinajstić information content (AvgIpc) is 3.55. The number of hydrogen-bond acceptors (Lipinski definition) is 5. The second kappa shape index (κ2) is 16.2. The van der Waals surface area contributed by atoms with Crippen LogP contribution >= 0.6 is 0 Å². The van der Waals surface area contributed by atoms with Crippen molar-refractivity contribution < 1.29 is 36.7 Å². The number of imide groups is 1. The highest BCUT2D eigenvalue weighted by Gasteiger charge is 2.40. The summed E-state index contributed by atoms with van der Waals surface area (Å²) in [6.07, 6.45) is 2.27. The molecule has 1 aliphatic heterocycles. The normalized spacial score (nSPS) is 15.1. The van der Waals surface area contributed by atoms with E-state index in [2.05, 4.69) is 10.6 Å².